The number of alkyl halides is 3. The molecule has 0 atom stereocenters. The third kappa shape index (κ3) is 4.25. The lowest BCUT2D eigenvalue weighted by molar-refractivity contribution is -0.134. The average Bonchev–Trinajstić information content (AvgIpc) is 3.16. The summed E-state index contributed by atoms with van der Waals surface area (Å²) in [6.07, 6.45) is -1.90. The highest BCUT2D eigenvalue weighted by Gasteiger charge is 2.33. The number of nitrogens with one attached hydrogen (secondary N) is 2. The van der Waals surface area contributed by atoms with Gasteiger partial charge in [-0.1, -0.05) is 23.5 Å². The standard InChI is InChI=1S/C14H14F3N3O2S2/c15-14(16,17)12-8-19-13(23-12)18-7-9-1-5-11(6-2-9)24(21,22)20-10-3-4-10/h1-2,5-6,8,10,20H,3-4,7H2,(H,18,19). The van der Waals surface area contributed by atoms with E-state index in [-0.39, 0.29) is 22.6 Å². The van der Waals surface area contributed by atoms with Gasteiger partial charge in [0, 0.05) is 12.6 Å². The number of nitrogens with zero attached hydrogens (tertiary/aromatic N) is 1. The maximum absolute atomic E-state index is 12.5. The minimum Gasteiger partial charge on any atom is -0.357 e. The molecule has 0 saturated heterocycles. The van der Waals surface area contributed by atoms with Crippen molar-refractivity contribution in [1.82, 2.24) is 9.71 Å². The molecule has 3 rings (SSSR count). The average molecular weight is 377 g/mol. The third-order valence-corrected chi connectivity index (χ3v) is 5.90. The van der Waals surface area contributed by atoms with Crippen molar-refractivity contribution in [3.8, 4) is 0 Å². The largest absolute Gasteiger partial charge is 0.427 e. The van der Waals surface area contributed by atoms with Crippen molar-refractivity contribution in [2.45, 2.75) is 36.5 Å². The van der Waals surface area contributed by atoms with Crippen LogP contribution in [0.25, 0.3) is 0 Å². The van der Waals surface area contributed by atoms with E-state index in [1.54, 1.807) is 12.1 Å². The molecule has 1 heterocycles. The number of hydrogen-bond donors (Lipinski definition) is 2. The Hall–Kier alpha value is -1.65. The molecule has 1 aromatic carbocycles. The Morgan fingerprint density at radius 3 is 2.42 bits per heavy atom. The number of benzene rings is 1. The Labute approximate surface area is 141 Å². The van der Waals surface area contributed by atoms with Crippen molar-refractivity contribution in [3.63, 3.8) is 0 Å². The van der Waals surface area contributed by atoms with E-state index in [9.17, 15) is 21.6 Å². The molecule has 0 radical (unpaired) electrons. The molecular formula is C14H14F3N3O2S2. The summed E-state index contributed by atoms with van der Waals surface area (Å²) in [5.41, 5.74) is 0.740. The van der Waals surface area contributed by atoms with E-state index in [0.29, 0.717) is 11.3 Å². The van der Waals surface area contributed by atoms with E-state index < -0.39 is 21.1 Å². The number of thiazole rings is 1. The van der Waals surface area contributed by atoms with Gasteiger partial charge in [0.2, 0.25) is 10.0 Å². The number of hydrogen-bond acceptors (Lipinski definition) is 5. The van der Waals surface area contributed by atoms with Gasteiger partial charge in [-0.05, 0) is 30.5 Å². The lowest BCUT2D eigenvalue weighted by Gasteiger charge is -2.07. The molecule has 1 aliphatic rings. The first-order valence-electron chi connectivity index (χ1n) is 7.12. The van der Waals surface area contributed by atoms with Crippen LogP contribution in [0, 0.1) is 0 Å². The first kappa shape index (κ1) is 17.2. The predicted molar refractivity (Wildman–Crippen MR) is 84.2 cm³/mol. The van der Waals surface area contributed by atoms with Gasteiger partial charge in [-0.25, -0.2) is 18.1 Å². The monoisotopic (exact) mass is 377 g/mol. The number of aromatic nitrogens is 1. The first-order chi connectivity index (χ1) is 11.2. The molecule has 2 aromatic rings. The van der Waals surface area contributed by atoms with Crippen LogP contribution in [0.5, 0.6) is 0 Å². The van der Waals surface area contributed by atoms with Crippen molar-refractivity contribution in [2.75, 3.05) is 5.32 Å². The summed E-state index contributed by atoms with van der Waals surface area (Å²) in [6, 6.07) is 6.22. The highest BCUT2D eigenvalue weighted by Crippen LogP contribution is 2.35. The number of rotatable bonds is 6. The van der Waals surface area contributed by atoms with E-state index in [1.807, 2.05) is 0 Å². The van der Waals surface area contributed by atoms with Crippen molar-refractivity contribution >= 4 is 26.5 Å². The molecule has 24 heavy (non-hydrogen) atoms. The first-order valence-corrected chi connectivity index (χ1v) is 9.42. The van der Waals surface area contributed by atoms with Crippen LogP contribution in [-0.2, 0) is 22.7 Å². The van der Waals surface area contributed by atoms with Gasteiger partial charge in [0.1, 0.15) is 4.88 Å². The lowest BCUT2D eigenvalue weighted by Crippen LogP contribution is -2.25. The van der Waals surface area contributed by atoms with Crippen LogP contribution in [0.4, 0.5) is 18.3 Å². The maximum atomic E-state index is 12.5. The minimum atomic E-state index is -4.40. The van der Waals surface area contributed by atoms with Crippen molar-refractivity contribution in [3.05, 3.63) is 40.9 Å². The van der Waals surface area contributed by atoms with Crippen LogP contribution in [0.15, 0.2) is 35.4 Å². The van der Waals surface area contributed by atoms with Crippen LogP contribution < -0.4 is 10.0 Å². The van der Waals surface area contributed by atoms with Gasteiger partial charge in [-0.2, -0.15) is 13.2 Å². The number of sulfonamides is 1. The van der Waals surface area contributed by atoms with Crippen LogP contribution in [0.3, 0.4) is 0 Å². The van der Waals surface area contributed by atoms with Crippen LogP contribution in [0.2, 0.25) is 0 Å². The Morgan fingerprint density at radius 2 is 1.88 bits per heavy atom. The van der Waals surface area contributed by atoms with E-state index in [4.69, 9.17) is 0 Å². The summed E-state index contributed by atoms with van der Waals surface area (Å²) in [6.45, 7) is 0.251. The molecule has 0 spiro atoms. The second-order valence-electron chi connectivity index (χ2n) is 5.42. The molecule has 130 valence electrons. The van der Waals surface area contributed by atoms with Gasteiger partial charge in [0.25, 0.3) is 0 Å². The van der Waals surface area contributed by atoms with E-state index in [2.05, 4.69) is 15.0 Å². The van der Waals surface area contributed by atoms with Gasteiger partial charge in [-0.3, -0.25) is 0 Å². The lowest BCUT2D eigenvalue weighted by atomic mass is 10.2. The van der Waals surface area contributed by atoms with Crippen LogP contribution in [-0.4, -0.2) is 19.4 Å². The zero-order valence-corrected chi connectivity index (χ0v) is 13.9. The Morgan fingerprint density at radius 1 is 1.21 bits per heavy atom. The van der Waals surface area contributed by atoms with Gasteiger partial charge in [-0.15, -0.1) is 0 Å². The zero-order chi connectivity index (χ0) is 17.4. The Balaban J connectivity index is 1.61. The van der Waals surface area contributed by atoms with E-state index in [0.717, 1.165) is 24.6 Å². The van der Waals surface area contributed by atoms with Gasteiger partial charge in [0.15, 0.2) is 5.13 Å². The van der Waals surface area contributed by atoms with Crippen molar-refractivity contribution in [1.29, 1.82) is 0 Å². The highest BCUT2D eigenvalue weighted by atomic mass is 32.2. The summed E-state index contributed by atoms with van der Waals surface area (Å²) in [5, 5.41) is 2.96. The van der Waals surface area contributed by atoms with Gasteiger partial charge < -0.3 is 5.32 Å². The summed E-state index contributed by atoms with van der Waals surface area (Å²) >= 11 is 0.527. The predicted octanol–water partition coefficient (Wildman–Crippen LogP) is 3.21. The highest BCUT2D eigenvalue weighted by molar-refractivity contribution is 7.89. The molecule has 1 fully saturated rings. The molecule has 0 unspecified atom stereocenters. The fraction of sp³-hybridized carbons (Fsp3) is 0.357. The Bertz CT molecular complexity index is 813. The molecule has 1 saturated carbocycles. The molecule has 0 amide bonds. The molecule has 0 aliphatic heterocycles. The van der Waals surface area contributed by atoms with Gasteiger partial charge >= 0.3 is 6.18 Å². The molecule has 1 aromatic heterocycles. The van der Waals surface area contributed by atoms with Crippen LogP contribution >= 0.6 is 11.3 Å². The second-order valence-corrected chi connectivity index (χ2v) is 8.17. The smallest absolute Gasteiger partial charge is 0.357 e. The SMILES string of the molecule is O=S(=O)(NC1CC1)c1ccc(CNc2ncc(C(F)(F)F)s2)cc1. The van der Waals surface area contributed by atoms with Crippen molar-refractivity contribution in [2.24, 2.45) is 0 Å². The zero-order valence-electron chi connectivity index (χ0n) is 12.3. The fourth-order valence-electron chi connectivity index (χ4n) is 1.94. The van der Waals surface area contributed by atoms with E-state index >= 15 is 0 Å². The molecule has 5 nitrogen and oxygen atoms in total. The molecule has 10 heteroatoms. The van der Waals surface area contributed by atoms with Gasteiger partial charge in [0.05, 0.1) is 11.1 Å². The quantitative estimate of drug-likeness (QED) is 0.811. The maximum Gasteiger partial charge on any atom is 0.427 e. The molecule has 2 N–H and O–H groups in total. The molecular weight excluding hydrogens is 363 g/mol. The second kappa shape index (κ2) is 6.34. The minimum absolute atomic E-state index is 0.0316. The normalized spacial score (nSPS) is 15.5. The number of anilines is 1. The molecule has 1 aliphatic carbocycles. The topological polar surface area (TPSA) is 71.1 Å². The third-order valence-electron chi connectivity index (χ3n) is 3.36. The summed E-state index contributed by atoms with van der Waals surface area (Å²) in [5.74, 6) is 0. The van der Waals surface area contributed by atoms with Crippen LogP contribution in [0.1, 0.15) is 23.3 Å². The van der Waals surface area contributed by atoms with E-state index in [1.165, 1.54) is 12.1 Å². The number of halogens is 3. The summed E-state index contributed by atoms with van der Waals surface area (Å²) < 4.78 is 64.1. The molecule has 0 bridgehead atoms. The summed E-state index contributed by atoms with van der Waals surface area (Å²) in [7, 11) is -3.50. The summed E-state index contributed by atoms with van der Waals surface area (Å²) in [4.78, 5) is 3.08. The Kier molecular flexibility index (Phi) is 4.54. The van der Waals surface area contributed by atoms with Crippen molar-refractivity contribution < 1.29 is 21.6 Å². The fourth-order valence-corrected chi connectivity index (χ4v) is 3.92.